The summed E-state index contributed by atoms with van der Waals surface area (Å²) in [6.07, 6.45) is 2.25. The highest BCUT2D eigenvalue weighted by molar-refractivity contribution is 6.05. The van der Waals surface area contributed by atoms with E-state index in [1.54, 1.807) is 49.2 Å². The molecule has 28 heavy (non-hydrogen) atoms. The van der Waals surface area contributed by atoms with Crippen LogP contribution in [0, 0.1) is 6.92 Å². The molecule has 0 saturated heterocycles. The molecule has 3 rings (SSSR count). The zero-order valence-corrected chi connectivity index (χ0v) is 16.6. The molecule has 3 aromatic rings. The third-order valence-electron chi connectivity index (χ3n) is 4.50. The number of carbonyl (C=O) groups is 2. The first-order valence-electron chi connectivity index (χ1n) is 9.17. The first kappa shape index (κ1) is 19.4. The van der Waals surface area contributed by atoms with Gasteiger partial charge in [0.2, 0.25) is 0 Å². The van der Waals surface area contributed by atoms with Gasteiger partial charge in [0.05, 0.1) is 23.1 Å². The number of hydrogen-bond acceptors (Lipinski definition) is 3. The Kier molecular flexibility index (Phi) is 5.59. The summed E-state index contributed by atoms with van der Waals surface area (Å²) in [5.41, 5.74) is 4.53. The number of amides is 2. The van der Waals surface area contributed by atoms with E-state index in [0.29, 0.717) is 23.2 Å². The molecule has 2 aromatic carbocycles. The maximum atomic E-state index is 12.8. The second kappa shape index (κ2) is 8.08. The summed E-state index contributed by atoms with van der Waals surface area (Å²) in [6.45, 7) is 4.02. The number of hydrogen-bond donors (Lipinski definition) is 1. The van der Waals surface area contributed by atoms with E-state index >= 15 is 0 Å². The van der Waals surface area contributed by atoms with Crippen molar-refractivity contribution in [2.75, 3.05) is 19.4 Å². The molecule has 0 aliphatic heterocycles. The van der Waals surface area contributed by atoms with Gasteiger partial charge in [0, 0.05) is 25.3 Å². The SMILES string of the molecule is CCc1c(C(=O)Nc2cccc(C(=O)N(C)C)c2)cnn1-c1ccc(C)cc1. The molecule has 0 saturated carbocycles. The second-order valence-corrected chi connectivity index (χ2v) is 6.84. The highest BCUT2D eigenvalue weighted by Gasteiger charge is 2.18. The zero-order valence-electron chi connectivity index (χ0n) is 16.6. The molecule has 0 aliphatic carbocycles. The van der Waals surface area contributed by atoms with E-state index in [1.165, 1.54) is 10.5 Å². The molecular weight excluding hydrogens is 352 g/mol. The minimum absolute atomic E-state index is 0.113. The van der Waals surface area contributed by atoms with Crippen LogP contribution in [0.1, 0.15) is 38.9 Å². The standard InChI is InChI=1S/C22H24N4O2/c1-5-20-19(14-23-26(20)18-11-9-15(2)10-12-18)21(27)24-17-8-6-7-16(13-17)22(28)25(3)4/h6-14H,5H2,1-4H3,(H,24,27). The Morgan fingerprint density at radius 2 is 1.82 bits per heavy atom. The van der Waals surface area contributed by atoms with Crippen LogP contribution >= 0.6 is 0 Å². The molecule has 1 aromatic heterocycles. The van der Waals surface area contributed by atoms with E-state index in [4.69, 9.17) is 0 Å². The molecule has 144 valence electrons. The Morgan fingerprint density at radius 3 is 2.46 bits per heavy atom. The summed E-state index contributed by atoms with van der Waals surface area (Å²) in [5, 5.41) is 7.29. The molecule has 0 atom stereocenters. The zero-order chi connectivity index (χ0) is 20.3. The summed E-state index contributed by atoms with van der Waals surface area (Å²) in [4.78, 5) is 26.5. The van der Waals surface area contributed by atoms with E-state index in [9.17, 15) is 9.59 Å². The Bertz CT molecular complexity index is 1000. The molecule has 0 bridgehead atoms. The molecule has 6 nitrogen and oxygen atoms in total. The lowest BCUT2D eigenvalue weighted by Gasteiger charge is -2.12. The molecule has 0 fully saturated rings. The van der Waals surface area contributed by atoms with Gasteiger partial charge in [-0.1, -0.05) is 30.7 Å². The Labute approximate surface area is 164 Å². The van der Waals surface area contributed by atoms with Crippen LogP contribution in [-0.2, 0) is 6.42 Å². The number of benzene rings is 2. The molecule has 1 heterocycles. The second-order valence-electron chi connectivity index (χ2n) is 6.84. The van der Waals surface area contributed by atoms with Crippen LogP contribution in [-0.4, -0.2) is 40.6 Å². The van der Waals surface area contributed by atoms with Crippen LogP contribution in [0.4, 0.5) is 5.69 Å². The normalized spacial score (nSPS) is 10.6. The lowest BCUT2D eigenvalue weighted by molar-refractivity contribution is 0.0827. The van der Waals surface area contributed by atoms with Gasteiger partial charge in [-0.2, -0.15) is 5.10 Å². The Morgan fingerprint density at radius 1 is 1.11 bits per heavy atom. The van der Waals surface area contributed by atoms with Gasteiger partial charge in [-0.3, -0.25) is 9.59 Å². The van der Waals surface area contributed by atoms with Crippen molar-refractivity contribution in [3.05, 3.63) is 77.1 Å². The summed E-state index contributed by atoms with van der Waals surface area (Å²) >= 11 is 0. The van der Waals surface area contributed by atoms with E-state index in [0.717, 1.165) is 11.4 Å². The van der Waals surface area contributed by atoms with Crippen molar-refractivity contribution < 1.29 is 9.59 Å². The van der Waals surface area contributed by atoms with Gasteiger partial charge in [-0.25, -0.2) is 4.68 Å². The number of anilines is 1. The molecule has 2 amide bonds. The van der Waals surface area contributed by atoms with Gasteiger partial charge in [0.1, 0.15) is 0 Å². The van der Waals surface area contributed by atoms with Crippen LogP contribution in [0.15, 0.2) is 54.7 Å². The molecule has 0 spiro atoms. The fourth-order valence-electron chi connectivity index (χ4n) is 3.00. The van der Waals surface area contributed by atoms with Crippen LogP contribution < -0.4 is 5.32 Å². The van der Waals surface area contributed by atoms with Crippen molar-refractivity contribution in [1.29, 1.82) is 0 Å². The third kappa shape index (κ3) is 3.96. The molecule has 0 aliphatic rings. The molecule has 0 unspecified atom stereocenters. The van der Waals surface area contributed by atoms with Crippen molar-refractivity contribution in [3.63, 3.8) is 0 Å². The number of rotatable bonds is 5. The van der Waals surface area contributed by atoms with Crippen LogP contribution in [0.5, 0.6) is 0 Å². The van der Waals surface area contributed by atoms with Gasteiger partial charge in [0.15, 0.2) is 0 Å². The number of nitrogens with one attached hydrogen (secondary N) is 1. The molecule has 0 radical (unpaired) electrons. The summed E-state index contributed by atoms with van der Waals surface area (Å²) in [7, 11) is 3.39. The van der Waals surface area contributed by atoms with Gasteiger partial charge < -0.3 is 10.2 Å². The van der Waals surface area contributed by atoms with E-state index in [-0.39, 0.29) is 11.8 Å². The van der Waals surface area contributed by atoms with E-state index in [1.807, 2.05) is 38.1 Å². The number of carbonyl (C=O) groups excluding carboxylic acids is 2. The summed E-state index contributed by atoms with van der Waals surface area (Å²) in [5.74, 6) is -0.359. The third-order valence-corrected chi connectivity index (χ3v) is 4.50. The lowest BCUT2D eigenvalue weighted by atomic mass is 10.1. The number of aryl methyl sites for hydroxylation is 1. The Hall–Kier alpha value is -3.41. The number of aromatic nitrogens is 2. The maximum Gasteiger partial charge on any atom is 0.259 e. The van der Waals surface area contributed by atoms with E-state index in [2.05, 4.69) is 10.4 Å². The quantitative estimate of drug-likeness (QED) is 0.738. The average molecular weight is 376 g/mol. The molecular formula is C22H24N4O2. The first-order valence-corrected chi connectivity index (χ1v) is 9.17. The smallest absolute Gasteiger partial charge is 0.259 e. The minimum atomic E-state index is -0.246. The fraction of sp³-hybridized carbons (Fsp3) is 0.227. The lowest BCUT2D eigenvalue weighted by Crippen LogP contribution is -2.22. The van der Waals surface area contributed by atoms with Crippen molar-refractivity contribution in [1.82, 2.24) is 14.7 Å². The maximum absolute atomic E-state index is 12.8. The van der Waals surface area contributed by atoms with Crippen molar-refractivity contribution in [2.24, 2.45) is 0 Å². The highest BCUT2D eigenvalue weighted by Crippen LogP contribution is 2.19. The first-order chi connectivity index (χ1) is 13.4. The molecule has 1 N–H and O–H groups in total. The van der Waals surface area contributed by atoms with Crippen LogP contribution in [0.2, 0.25) is 0 Å². The molecule has 6 heteroatoms. The van der Waals surface area contributed by atoms with E-state index < -0.39 is 0 Å². The topological polar surface area (TPSA) is 67.2 Å². The monoisotopic (exact) mass is 376 g/mol. The summed E-state index contributed by atoms with van der Waals surface area (Å²) in [6, 6.07) is 14.9. The Balaban J connectivity index is 1.87. The van der Waals surface area contributed by atoms with Gasteiger partial charge >= 0.3 is 0 Å². The van der Waals surface area contributed by atoms with Gasteiger partial charge in [-0.15, -0.1) is 0 Å². The van der Waals surface area contributed by atoms with Crippen LogP contribution in [0.25, 0.3) is 5.69 Å². The number of nitrogens with zero attached hydrogens (tertiary/aromatic N) is 3. The van der Waals surface area contributed by atoms with Crippen molar-refractivity contribution >= 4 is 17.5 Å². The average Bonchev–Trinajstić information content (AvgIpc) is 3.12. The highest BCUT2D eigenvalue weighted by atomic mass is 16.2. The predicted octanol–water partition coefficient (Wildman–Crippen LogP) is 3.70. The predicted molar refractivity (Wildman–Crippen MR) is 110 cm³/mol. The van der Waals surface area contributed by atoms with Crippen molar-refractivity contribution in [3.8, 4) is 5.69 Å². The fourth-order valence-corrected chi connectivity index (χ4v) is 3.00. The summed E-state index contributed by atoms with van der Waals surface area (Å²) < 4.78 is 1.79. The van der Waals surface area contributed by atoms with Crippen LogP contribution in [0.3, 0.4) is 0 Å². The van der Waals surface area contributed by atoms with Gasteiger partial charge in [0.25, 0.3) is 11.8 Å². The van der Waals surface area contributed by atoms with Crippen molar-refractivity contribution in [2.45, 2.75) is 20.3 Å². The van der Waals surface area contributed by atoms with Gasteiger partial charge in [-0.05, 0) is 43.7 Å². The minimum Gasteiger partial charge on any atom is -0.345 e. The largest absolute Gasteiger partial charge is 0.345 e.